The summed E-state index contributed by atoms with van der Waals surface area (Å²) in [6.07, 6.45) is 0. The van der Waals surface area contributed by atoms with Crippen molar-refractivity contribution in [3.05, 3.63) is 29.8 Å². The number of rotatable bonds is 3. The van der Waals surface area contributed by atoms with E-state index in [1.807, 2.05) is 0 Å². The van der Waals surface area contributed by atoms with E-state index in [0.717, 1.165) is 12.3 Å². The lowest BCUT2D eigenvalue weighted by Crippen LogP contribution is -2.00. The molecule has 0 amide bonds. The van der Waals surface area contributed by atoms with Crippen LogP contribution in [-0.2, 0) is 0 Å². The van der Waals surface area contributed by atoms with Gasteiger partial charge in [-0.25, -0.2) is 0 Å². The summed E-state index contributed by atoms with van der Waals surface area (Å²) in [7, 11) is 0. The van der Waals surface area contributed by atoms with Crippen LogP contribution >= 0.6 is 24.2 Å². The van der Waals surface area contributed by atoms with Gasteiger partial charge in [0, 0.05) is 17.2 Å². The van der Waals surface area contributed by atoms with Crippen LogP contribution in [0.4, 0.5) is 0 Å². The first-order valence-corrected chi connectivity index (χ1v) is 4.71. The van der Waals surface area contributed by atoms with Gasteiger partial charge in [0.2, 0.25) is 0 Å². The van der Waals surface area contributed by atoms with E-state index in [4.69, 9.17) is 5.73 Å². The smallest absolute Gasteiger partial charge is 0.0103 e. The second kappa shape index (κ2) is 6.35. The molecule has 0 aliphatic heterocycles. The van der Waals surface area contributed by atoms with Crippen LogP contribution in [0.25, 0.3) is 0 Å². The molecule has 3 heteroatoms. The highest BCUT2D eigenvalue weighted by molar-refractivity contribution is 7.99. The highest BCUT2D eigenvalue weighted by Crippen LogP contribution is 2.16. The Balaban J connectivity index is 0.00000121. The molecule has 68 valence electrons. The van der Waals surface area contributed by atoms with Crippen LogP contribution in [-0.4, -0.2) is 12.3 Å². The van der Waals surface area contributed by atoms with Crippen molar-refractivity contribution in [3.8, 4) is 0 Å². The molecule has 0 heterocycles. The summed E-state index contributed by atoms with van der Waals surface area (Å²) in [5, 5.41) is 0. The SMILES string of the molecule is Cc1ccc(SCCN)cc1.Cl. The molecule has 0 atom stereocenters. The summed E-state index contributed by atoms with van der Waals surface area (Å²) >= 11 is 1.80. The number of aryl methyl sites for hydroxylation is 1. The largest absolute Gasteiger partial charge is 0.330 e. The molecule has 1 nitrogen and oxygen atoms in total. The Morgan fingerprint density at radius 2 is 1.83 bits per heavy atom. The Morgan fingerprint density at radius 1 is 1.25 bits per heavy atom. The number of hydrogen-bond donors (Lipinski definition) is 1. The minimum Gasteiger partial charge on any atom is -0.330 e. The van der Waals surface area contributed by atoms with Crippen LogP contribution in [0.3, 0.4) is 0 Å². The number of thioether (sulfide) groups is 1. The highest BCUT2D eigenvalue weighted by atomic mass is 35.5. The number of nitrogens with two attached hydrogens (primary N) is 1. The van der Waals surface area contributed by atoms with Crippen molar-refractivity contribution in [1.29, 1.82) is 0 Å². The van der Waals surface area contributed by atoms with Crippen LogP contribution < -0.4 is 5.73 Å². The maximum atomic E-state index is 5.39. The Morgan fingerprint density at radius 3 is 2.33 bits per heavy atom. The Hall–Kier alpha value is -0.180. The molecule has 0 saturated heterocycles. The molecule has 0 aliphatic carbocycles. The predicted octanol–water partition coefficient (Wildman–Crippen LogP) is 2.47. The van der Waals surface area contributed by atoms with Gasteiger partial charge in [0.05, 0.1) is 0 Å². The van der Waals surface area contributed by atoms with Crippen molar-refractivity contribution in [1.82, 2.24) is 0 Å². The van der Waals surface area contributed by atoms with Crippen molar-refractivity contribution in [2.75, 3.05) is 12.3 Å². The first-order chi connectivity index (χ1) is 5.33. The Kier molecular flexibility index (Phi) is 6.25. The van der Waals surface area contributed by atoms with Gasteiger partial charge in [-0.05, 0) is 19.1 Å². The summed E-state index contributed by atoms with van der Waals surface area (Å²) in [6, 6.07) is 8.52. The lowest BCUT2D eigenvalue weighted by molar-refractivity contribution is 1.15. The van der Waals surface area contributed by atoms with Crippen LogP contribution in [0.1, 0.15) is 5.56 Å². The zero-order valence-electron chi connectivity index (χ0n) is 7.12. The van der Waals surface area contributed by atoms with Crippen LogP contribution in [0.2, 0.25) is 0 Å². The summed E-state index contributed by atoms with van der Waals surface area (Å²) < 4.78 is 0. The van der Waals surface area contributed by atoms with E-state index < -0.39 is 0 Å². The maximum absolute atomic E-state index is 5.39. The van der Waals surface area contributed by atoms with E-state index in [-0.39, 0.29) is 12.4 Å². The fourth-order valence-corrected chi connectivity index (χ4v) is 1.49. The summed E-state index contributed by atoms with van der Waals surface area (Å²) in [4.78, 5) is 1.31. The average Bonchev–Trinajstić information content (AvgIpc) is 2.04. The van der Waals surface area contributed by atoms with Crippen LogP contribution in [0.15, 0.2) is 29.2 Å². The molecule has 2 N–H and O–H groups in total. The summed E-state index contributed by atoms with van der Waals surface area (Å²) in [5.74, 6) is 1.00. The topological polar surface area (TPSA) is 26.0 Å². The number of hydrogen-bond acceptors (Lipinski definition) is 2. The van der Waals surface area contributed by atoms with Crippen molar-refractivity contribution in [3.63, 3.8) is 0 Å². The predicted molar refractivity (Wildman–Crippen MR) is 58.2 cm³/mol. The van der Waals surface area contributed by atoms with Gasteiger partial charge in [0.25, 0.3) is 0 Å². The van der Waals surface area contributed by atoms with Gasteiger partial charge in [0.1, 0.15) is 0 Å². The third-order valence-electron chi connectivity index (χ3n) is 1.41. The molecule has 0 bridgehead atoms. The lowest BCUT2D eigenvalue weighted by atomic mass is 10.2. The average molecular weight is 204 g/mol. The van der Waals surface area contributed by atoms with Gasteiger partial charge in [-0.2, -0.15) is 0 Å². The summed E-state index contributed by atoms with van der Waals surface area (Å²) in [5.41, 5.74) is 6.69. The van der Waals surface area contributed by atoms with Gasteiger partial charge in [-0.3, -0.25) is 0 Å². The molecule has 0 aromatic heterocycles. The molecule has 1 aromatic rings. The second-order valence-corrected chi connectivity index (χ2v) is 3.62. The first-order valence-electron chi connectivity index (χ1n) is 3.72. The quantitative estimate of drug-likeness (QED) is 0.764. The molecule has 0 spiro atoms. The molecule has 1 aromatic carbocycles. The van der Waals surface area contributed by atoms with Crippen molar-refractivity contribution in [2.45, 2.75) is 11.8 Å². The zero-order chi connectivity index (χ0) is 8.10. The second-order valence-electron chi connectivity index (χ2n) is 2.45. The van der Waals surface area contributed by atoms with Crippen LogP contribution in [0, 0.1) is 6.92 Å². The minimum absolute atomic E-state index is 0. The molecule has 0 aliphatic rings. The Labute approximate surface area is 84.1 Å². The van der Waals surface area contributed by atoms with E-state index >= 15 is 0 Å². The number of halogens is 1. The molecule has 12 heavy (non-hydrogen) atoms. The molecule has 0 unspecified atom stereocenters. The molecular formula is C9H14ClNS. The molecule has 0 radical (unpaired) electrons. The molecule has 0 fully saturated rings. The fourth-order valence-electron chi connectivity index (χ4n) is 0.811. The van der Waals surface area contributed by atoms with Crippen molar-refractivity contribution < 1.29 is 0 Å². The van der Waals surface area contributed by atoms with Gasteiger partial charge in [-0.1, -0.05) is 17.7 Å². The monoisotopic (exact) mass is 203 g/mol. The first kappa shape index (κ1) is 11.8. The normalized spacial score (nSPS) is 9.17. The third-order valence-corrected chi connectivity index (χ3v) is 2.45. The van der Waals surface area contributed by atoms with Gasteiger partial charge < -0.3 is 5.73 Å². The van der Waals surface area contributed by atoms with Crippen molar-refractivity contribution >= 4 is 24.2 Å². The molecular weight excluding hydrogens is 190 g/mol. The van der Waals surface area contributed by atoms with E-state index in [1.165, 1.54) is 10.5 Å². The van der Waals surface area contributed by atoms with E-state index in [1.54, 1.807) is 11.8 Å². The van der Waals surface area contributed by atoms with Gasteiger partial charge in [0.15, 0.2) is 0 Å². The minimum atomic E-state index is 0. The van der Waals surface area contributed by atoms with E-state index in [9.17, 15) is 0 Å². The number of benzene rings is 1. The zero-order valence-corrected chi connectivity index (χ0v) is 8.75. The maximum Gasteiger partial charge on any atom is 0.0103 e. The highest BCUT2D eigenvalue weighted by Gasteiger charge is 1.90. The fraction of sp³-hybridized carbons (Fsp3) is 0.333. The van der Waals surface area contributed by atoms with Crippen molar-refractivity contribution in [2.24, 2.45) is 5.73 Å². The van der Waals surface area contributed by atoms with Crippen LogP contribution in [0.5, 0.6) is 0 Å². The van der Waals surface area contributed by atoms with Gasteiger partial charge >= 0.3 is 0 Å². The lowest BCUT2D eigenvalue weighted by Gasteiger charge is -1.98. The van der Waals surface area contributed by atoms with E-state index in [0.29, 0.717) is 0 Å². The van der Waals surface area contributed by atoms with E-state index in [2.05, 4.69) is 31.2 Å². The standard InChI is InChI=1S/C9H13NS.ClH/c1-8-2-4-9(5-3-8)11-7-6-10;/h2-5H,6-7,10H2,1H3;1H. The Bertz CT molecular complexity index is 210. The third kappa shape index (κ3) is 4.00. The molecule has 1 rings (SSSR count). The van der Waals surface area contributed by atoms with Gasteiger partial charge in [-0.15, -0.1) is 24.2 Å². The summed E-state index contributed by atoms with van der Waals surface area (Å²) in [6.45, 7) is 2.84. The molecule has 0 saturated carbocycles.